The van der Waals surface area contributed by atoms with Crippen molar-refractivity contribution in [2.24, 2.45) is 0 Å². The zero-order chi connectivity index (χ0) is 18.1. The molecule has 0 aliphatic carbocycles. The number of nitrogens with one attached hydrogen (secondary N) is 1. The molecule has 2 aromatic carbocycles. The first-order chi connectivity index (χ1) is 12.6. The molecule has 0 aliphatic rings. The van der Waals surface area contributed by atoms with E-state index in [1.807, 2.05) is 60.0 Å². The number of H-pyrrole nitrogens is 1. The number of hydrogen-bond donors (Lipinski definition) is 1. The van der Waals surface area contributed by atoms with Crippen LogP contribution in [0.4, 0.5) is 0 Å². The molecular formula is C19H17N5OS. The van der Waals surface area contributed by atoms with Crippen molar-refractivity contribution >= 4 is 23.0 Å². The minimum atomic E-state index is -0.0980. The van der Waals surface area contributed by atoms with Crippen molar-refractivity contribution in [3.63, 3.8) is 0 Å². The van der Waals surface area contributed by atoms with Gasteiger partial charge < -0.3 is 0 Å². The molecule has 0 unspecified atom stereocenters. The van der Waals surface area contributed by atoms with Crippen LogP contribution in [0.3, 0.4) is 0 Å². The van der Waals surface area contributed by atoms with Gasteiger partial charge >= 0.3 is 0 Å². The normalized spacial score (nSPS) is 11.1. The van der Waals surface area contributed by atoms with Gasteiger partial charge in [0.15, 0.2) is 4.77 Å². The Morgan fingerprint density at radius 2 is 1.88 bits per heavy atom. The molecule has 0 saturated carbocycles. The minimum Gasteiger partial charge on any atom is -0.272 e. The van der Waals surface area contributed by atoms with Crippen LogP contribution in [0.1, 0.15) is 11.4 Å². The Kier molecular flexibility index (Phi) is 4.22. The first-order valence-electron chi connectivity index (χ1n) is 8.32. The van der Waals surface area contributed by atoms with Gasteiger partial charge in [-0.15, -0.1) is 0 Å². The first kappa shape index (κ1) is 16.4. The Labute approximate surface area is 154 Å². The maximum absolute atomic E-state index is 12.6. The Bertz CT molecular complexity index is 1190. The highest BCUT2D eigenvalue weighted by Gasteiger charge is 2.10. The van der Waals surface area contributed by atoms with Crippen LogP contribution in [0.5, 0.6) is 0 Å². The van der Waals surface area contributed by atoms with Crippen molar-refractivity contribution in [3.8, 4) is 5.69 Å². The molecule has 0 aliphatic heterocycles. The van der Waals surface area contributed by atoms with E-state index in [1.54, 1.807) is 6.20 Å². The van der Waals surface area contributed by atoms with E-state index in [-0.39, 0.29) is 5.56 Å². The standard InChI is InChI=1S/C19H17N5OS/c1-13-6-8-15(9-7-13)24-17(21-22-19(24)26)10-11-23-18(25)16-5-3-2-4-14(16)12-20-23/h2-9,12H,10-11H2,1H3,(H,22,26). The number of aromatic amines is 1. The summed E-state index contributed by atoms with van der Waals surface area (Å²) in [6, 6.07) is 15.5. The van der Waals surface area contributed by atoms with Crippen molar-refractivity contribution in [2.75, 3.05) is 0 Å². The number of hydrogen-bond acceptors (Lipinski definition) is 4. The van der Waals surface area contributed by atoms with Crippen LogP contribution in [0, 0.1) is 11.7 Å². The minimum absolute atomic E-state index is 0.0980. The molecular weight excluding hydrogens is 346 g/mol. The second-order valence-corrected chi connectivity index (χ2v) is 6.51. The van der Waals surface area contributed by atoms with Gasteiger partial charge in [-0.05, 0) is 37.3 Å². The monoisotopic (exact) mass is 363 g/mol. The summed E-state index contributed by atoms with van der Waals surface area (Å²) in [7, 11) is 0. The van der Waals surface area contributed by atoms with Crippen molar-refractivity contribution in [1.82, 2.24) is 24.5 Å². The predicted molar refractivity (Wildman–Crippen MR) is 103 cm³/mol. The molecule has 0 saturated heterocycles. The third-order valence-electron chi connectivity index (χ3n) is 4.34. The molecule has 6 nitrogen and oxygen atoms in total. The highest BCUT2D eigenvalue weighted by atomic mass is 32.1. The molecule has 1 N–H and O–H groups in total. The van der Waals surface area contributed by atoms with E-state index in [0.717, 1.165) is 16.9 Å². The smallest absolute Gasteiger partial charge is 0.272 e. The van der Waals surface area contributed by atoms with E-state index >= 15 is 0 Å². The Morgan fingerprint density at radius 1 is 1.12 bits per heavy atom. The van der Waals surface area contributed by atoms with Crippen molar-refractivity contribution < 1.29 is 0 Å². The van der Waals surface area contributed by atoms with E-state index in [1.165, 1.54) is 10.2 Å². The van der Waals surface area contributed by atoms with Crippen LogP contribution in [-0.4, -0.2) is 24.5 Å². The van der Waals surface area contributed by atoms with E-state index in [9.17, 15) is 4.79 Å². The fraction of sp³-hybridized carbons (Fsp3) is 0.158. The molecule has 0 radical (unpaired) electrons. The topological polar surface area (TPSA) is 68.5 Å². The van der Waals surface area contributed by atoms with Gasteiger partial charge in [-0.3, -0.25) is 14.5 Å². The SMILES string of the molecule is Cc1ccc(-n2c(CCn3ncc4ccccc4c3=O)n[nH]c2=S)cc1. The average Bonchev–Trinajstić information content (AvgIpc) is 3.03. The molecule has 2 aromatic heterocycles. The van der Waals surface area contributed by atoms with E-state index in [2.05, 4.69) is 15.3 Å². The number of benzene rings is 2. The van der Waals surface area contributed by atoms with Crippen LogP contribution in [0.15, 0.2) is 59.5 Å². The lowest BCUT2D eigenvalue weighted by Crippen LogP contribution is -2.24. The first-order valence-corrected chi connectivity index (χ1v) is 8.72. The maximum Gasteiger partial charge on any atom is 0.274 e. The van der Waals surface area contributed by atoms with Gasteiger partial charge in [0, 0.05) is 17.5 Å². The molecule has 26 heavy (non-hydrogen) atoms. The van der Waals surface area contributed by atoms with Gasteiger partial charge in [-0.2, -0.15) is 10.2 Å². The van der Waals surface area contributed by atoms with Gasteiger partial charge in [0.05, 0.1) is 18.1 Å². The van der Waals surface area contributed by atoms with Crippen LogP contribution in [0.25, 0.3) is 16.5 Å². The summed E-state index contributed by atoms with van der Waals surface area (Å²) in [5.41, 5.74) is 2.03. The summed E-state index contributed by atoms with van der Waals surface area (Å²) < 4.78 is 3.89. The fourth-order valence-electron chi connectivity index (χ4n) is 2.95. The molecule has 0 fully saturated rings. The van der Waals surface area contributed by atoms with Crippen LogP contribution in [0.2, 0.25) is 0 Å². The third kappa shape index (κ3) is 2.97. The number of nitrogens with zero attached hydrogens (tertiary/aromatic N) is 4. The van der Waals surface area contributed by atoms with Gasteiger partial charge in [0.25, 0.3) is 5.56 Å². The van der Waals surface area contributed by atoms with E-state index in [4.69, 9.17) is 12.2 Å². The van der Waals surface area contributed by atoms with Gasteiger partial charge in [0.1, 0.15) is 5.82 Å². The summed E-state index contributed by atoms with van der Waals surface area (Å²) >= 11 is 5.37. The second-order valence-electron chi connectivity index (χ2n) is 6.13. The fourth-order valence-corrected chi connectivity index (χ4v) is 3.21. The van der Waals surface area contributed by atoms with Crippen molar-refractivity contribution in [2.45, 2.75) is 19.9 Å². The Balaban J connectivity index is 1.65. The molecule has 7 heteroatoms. The quantitative estimate of drug-likeness (QED) is 0.566. The molecule has 4 aromatic rings. The molecule has 2 heterocycles. The predicted octanol–water partition coefficient (Wildman–Crippen LogP) is 3.19. The second kappa shape index (κ2) is 6.68. The van der Waals surface area contributed by atoms with Gasteiger partial charge in [-0.1, -0.05) is 35.9 Å². The molecule has 4 rings (SSSR count). The molecule has 130 valence electrons. The highest BCUT2D eigenvalue weighted by Crippen LogP contribution is 2.13. The van der Waals surface area contributed by atoms with Crippen molar-refractivity contribution in [3.05, 3.63) is 81.2 Å². The Morgan fingerprint density at radius 3 is 2.69 bits per heavy atom. The van der Waals surface area contributed by atoms with Crippen molar-refractivity contribution in [1.29, 1.82) is 0 Å². The largest absolute Gasteiger partial charge is 0.274 e. The molecule has 0 atom stereocenters. The zero-order valence-corrected chi connectivity index (χ0v) is 15.0. The number of aromatic nitrogens is 5. The van der Waals surface area contributed by atoms with E-state index in [0.29, 0.717) is 23.1 Å². The lowest BCUT2D eigenvalue weighted by molar-refractivity contribution is 0.568. The summed E-state index contributed by atoms with van der Waals surface area (Å²) in [5, 5.41) is 12.9. The van der Waals surface area contributed by atoms with Crippen LogP contribution in [-0.2, 0) is 13.0 Å². The number of rotatable bonds is 4. The lowest BCUT2D eigenvalue weighted by Gasteiger charge is -2.08. The maximum atomic E-state index is 12.6. The molecule has 0 amide bonds. The third-order valence-corrected chi connectivity index (χ3v) is 4.62. The van der Waals surface area contributed by atoms with Gasteiger partial charge in [-0.25, -0.2) is 4.68 Å². The molecule has 0 spiro atoms. The van der Waals surface area contributed by atoms with Crippen LogP contribution >= 0.6 is 12.2 Å². The summed E-state index contributed by atoms with van der Waals surface area (Å²) in [4.78, 5) is 12.6. The number of fused-ring (bicyclic) bond motifs is 1. The highest BCUT2D eigenvalue weighted by molar-refractivity contribution is 7.71. The number of aryl methyl sites for hydroxylation is 3. The van der Waals surface area contributed by atoms with E-state index < -0.39 is 0 Å². The summed E-state index contributed by atoms with van der Waals surface area (Å²) in [6.07, 6.45) is 2.25. The van der Waals surface area contributed by atoms with Gasteiger partial charge in [0.2, 0.25) is 0 Å². The Hall–Kier alpha value is -3.06. The zero-order valence-electron chi connectivity index (χ0n) is 14.2. The summed E-state index contributed by atoms with van der Waals surface area (Å²) in [5.74, 6) is 0.765. The summed E-state index contributed by atoms with van der Waals surface area (Å²) in [6.45, 7) is 2.46. The molecule has 0 bridgehead atoms. The van der Waals surface area contributed by atoms with Crippen LogP contribution < -0.4 is 5.56 Å². The lowest BCUT2D eigenvalue weighted by atomic mass is 10.2. The average molecular weight is 363 g/mol.